The predicted molar refractivity (Wildman–Crippen MR) is 58.2 cm³/mol. The van der Waals surface area contributed by atoms with Crippen molar-refractivity contribution >= 4 is 12.0 Å². The average molecular weight is 244 g/mol. The second-order valence-electron chi connectivity index (χ2n) is 3.31. The normalized spacial score (nSPS) is 16.0. The first-order valence-electron chi connectivity index (χ1n) is 5.22. The fourth-order valence-electron chi connectivity index (χ4n) is 1.15. The number of nitrogens with one attached hydrogen (secondary N) is 2. The monoisotopic (exact) mass is 244 g/mol. The van der Waals surface area contributed by atoms with E-state index in [1.807, 2.05) is 0 Å². The molecule has 0 aromatic carbocycles. The van der Waals surface area contributed by atoms with Gasteiger partial charge in [-0.25, -0.2) is 4.79 Å². The van der Waals surface area contributed by atoms with Crippen molar-refractivity contribution in [3.05, 3.63) is 12.7 Å². The van der Waals surface area contributed by atoms with E-state index in [2.05, 4.69) is 17.2 Å². The summed E-state index contributed by atoms with van der Waals surface area (Å²) in [6, 6.07) is 0. The zero-order valence-electron chi connectivity index (χ0n) is 9.44. The molecule has 1 heterocycles. The number of ether oxygens (including phenoxy) is 3. The lowest BCUT2D eigenvalue weighted by molar-refractivity contribution is -0.151. The van der Waals surface area contributed by atoms with Crippen molar-refractivity contribution in [1.29, 1.82) is 0 Å². The van der Waals surface area contributed by atoms with Crippen LogP contribution in [0.1, 0.15) is 0 Å². The summed E-state index contributed by atoms with van der Waals surface area (Å²) < 4.78 is 14.9. The third-order valence-electron chi connectivity index (χ3n) is 1.93. The van der Waals surface area contributed by atoms with E-state index in [4.69, 9.17) is 14.2 Å². The molecule has 0 unspecified atom stereocenters. The van der Waals surface area contributed by atoms with Crippen molar-refractivity contribution in [3.63, 3.8) is 0 Å². The topological polar surface area (TPSA) is 85.9 Å². The zero-order valence-corrected chi connectivity index (χ0v) is 9.44. The summed E-state index contributed by atoms with van der Waals surface area (Å²) in [6.45, 7) is 4.80. The molecule has 0 aliphatic carbocycles. The van der Waals surface area contributed by atoms with E-state index in [0.29, 0.717) is 19.8 Å². The third kappa shape index (κ3) is 5.88. The summed E-state index contributed by atoms with van der Waals surface area (Å²) in [6.07, 6.45) is 0.220. The number of amides is 2. The van der Waals surface area contributed by atoms with Gasteiger partial charge < -0.3 is 24.8 Å². The first-order chi connectivity index (χ1) is 8.22. The Hall–Kier alpha value is -1.60. The highest BCUT2D eigenvalue weighted by molar-refractivity contribution is 5.86. The molecular formula is C10H16N2O5. The van der Waals surface area contributed by atoms with Gasteiger partial charge in [0.2, 0.25) is 5.91 Å². The van der Waals surface area contributed by atoms with E-state index in [0.717, 1.165) is 6.08 Å². The van der Waals surface area contributed by atoms with Gasteiger partial charge in [0.25, 0.3) is 0 Å². The molecule has 96 valence electrons. The summed E-state index contributed by atoms with van der Waals surface area (Å²) in [5, 5.41) is 5.00. The second kappa shape index (κ2) is 7.64. The minimum absolute atomic E-state index is 0.231. The van der Waals surface area contributed by atoms with Crippen molar-refractivity contribution in [1.82, 2.24) is 10.6 Å². The van der Waals surface area contributed by atoms with E-state index < -0.39 is 6.09 Å². The van der Waals surface area contributed by atoms with E-state index in [1.165, 1.54) is 0 Å². The Kier molecular flexibility index (Phi) is 6.05. The molecule has 1 aliphatic heterocycles. The van der Waals surface area contributed by atoms with E-state index in [-0.39, 0.29) is 25.3 Å². The van der Waals surface area contributed by atoms with Gasteiger partial charge in [-0.15, -0.1) is 0 Å². The van der Waals surface area contributed by atoms with Gasteiger partial charge in [-0.1, -0.05) is 6.58 Å². The molecule has 0 aromatic rings. The van der Waals surface area contributed by atoms with Crippen LogP contribution >= 0.6 is 0 Å². The summed E-state index contributed by atoms with van der Waals surface area (Å²) in [4.78, 5) is 22.0. The van der Waals surface area contributed by atoms with Crippen LogP contribution in [0.2, 0.25) is 0 Å². The maximum atomic E-state index is 11.2. The number of alkyl carbamates (subject to hydrolysis) is 1. The Morgan fingerprint density at radius 1 is 1.29 bits per heavy atom. The number of hydrogen-bond acceptors (Lipinski definition) is 5. The Labute approximate surface area is 99.1 Å². The molecule has 1 saturated heterocycles. The van der Waals surface area contributed by atoms with Crippen molar-refractivity contribution in [3.8, 4) is 0 Å². The fourth-order valence-corrected chi connectivity index (χ4v) is 1.15. The van der Waals surface area contributed by atoms with Crippen LogP contribution in [0.4, 0.5) is 4.79 Å². The second-order valence-corrected chi connectivity index (χ2v) is 3.31. The predicted octanol–water partition coefficient (Wildman–Crippen LogP) is -0.612. The van der Waals surface area contributed by atoms with Crippen LogP contribution in [-0.2, 0) is 19.0 Å². The average Bonchev–Trinajstić information content (AvgIpc) is 2.35. The Morgan fingerprint density at radius 3 is 2.59 bits per heavy atom. The third-order valence-corrected chi connectivity index (χ3v) is 1.93. The van der Waals surface area contributed by atoms with E-state index in [9.17, 15) is 9.59 Å². The first-order valence-corrected chi connectivity index (χ1v) is 5.22. The highest BCUT2D eigenvalue weighted by Gasteiger charge is 2.18. The SMILES string of the molecule is C=CC(=O)NCCNC(=O)OC1COCOC1. The molecule has 7 heteroatoms. The molecule has 2 amide bonds. The van der Waals surface area contributed by atoms with E-state index in [1.54, 1.807) is 0 Å². The molecule has 0 spiro atoms. The largest absolute Gasteiger partial charge is 0.441 e. The minimum atomic E-state index is -0.558. The van der Waals surface area contributed by atoms with Gasteiger partial charge in [-0.3, -0.25) is 4.79 Å². The summed E-state index contributed by atoms with van der Waals surface area (Å²) >= 11 is 0. The molecule has 1 aliphatic rings. The zero-order chi connectivity index (χ0) is 12.5. The van der Waals surface area contributed by atoms with Crippen LogP contribution in [0.5, 0.6) is 0 Å². The molecule has 0 atom stereocenters. The smallest absolute Gasteiger partial charge is 0.407 e. The number of carbonyl (C=O) groups is 2. The van der Waals surface area contributed by atoms with Crippen molar-refractivity contribution in [2.45, 2.75) is 6.10 Å². The molecule has 0 radical (unpaired) electrons. The molecular weight excluding hydrogens is 228 g/mol. The van der Waals surface area contributed by atoms with Crippen LogP contribution in [0.25, 0.3) is 0 Å². The van der Waals surface area contributed by atoms with Gasteiger partial charge in [0.15, 0.2) is 6.10 Å². The number of hydrogen-bond donors (Lipinski definition) is 2. The van der Waals surface area contributed by atoms with E-state index >= 15 is 0 Å². The van der Waals surface area contributed by atoms with Crippen molar-refractivity contribution in [2.75, 3.05) is 33.1 Å². The standard InChI is InChI=1S/C10H16N2O5/c1-2-9(13)11-3-4-12-10(14)17-8-5-15-7-16-6-8/h2,8H,1,3-7H2,(H,11,13)(H,12,14). The molecule has 1 fully saturated rings. The lowest BCUT2D eigenvalue weighted by atomic mass is 10.4. The van der Waals surface area contributed by atoms with Crippen LogP contribution in [0.3, 0.4) is 0 Å². The lowest BCUT2D eigenvalue weighted by Crippen LogP contribution is -2.39. The maximum absolute atomic E-state index is 11.2. The van der Waals surface area contributed by atoms with Crippen LogP contribution in [-0.4, -0.2) is 51.2 Å². The van der Waals surface area contributed by atoms with Gasteiger partial charge in [-0.2, -0.15) is 0 Å². The van der Waals surface area contributed by atoms with Gasteiger partial charge in [0, 0.05) is 13.1 Å². The molecule has 2 N–H and O–H groups in total. The molecule has 7 nitrogen and oxygen atoms in total. The van der Waals surface area contributed by atoms with Crippen molar-refractivity contribution in [2.24, 2.45) is 0 Å². The van der Waals surface area contributed by atoms with Crippen LogP contribution in [0, 0.1) is 0 Å². The molecule has 0 bridgehead atoms. The summed E-state index contributed by atoms with van der Waals surface area (Å²) in [5.74, 6) is -0.283. The highest BCUT2D eigenvalue weighted by atomic mass is 16.7. The van der Waals surface area contributed by atoms with Gasteiger partial charge >= 0.3 is 6.09 Å². The fraction of sp³-hybridized carbons (Fsp3) is 0.600. The maximum Gasteiger partial charge on any atom is 0.407 e. The lowest BCUT2D eigenvalue weighted by Gasteiger charge is -2.22. The molecule has 0 aromatic heterocycles. The Morgan fingerprint density at radius 2 is 1.94 bits per heavy atom. The number of rotatable bonds is 5. The van der Waals surface area contributed by atoms with Crippen molar-refractivity contribution < 1.29 is 23.8 Å². The Bertz CT molecular complexity index is 276. The Balaban J connectivity index is 2.04. The quantitative estimate of drug-likeness (QED) is 0.497. The molecule has 0 saturated carbocycles. The highest BCUT2D eigenvalue weighted by Crippen LogP contribution is 2.01. The molecule has 1 rings (SSSR count). The number of carbonyl (C=O) groups excluding carboxylic acids is 2. The van der Waals surface area contributed by atoms with Gasteiger partial charge in [0.1, 0.15) is 6.79 Å². The minimum Gasteiger partial charge on any atom is -0.441 e. The summed E-state index contributed by atoms with van der Waals surface area (Å²) in [5.41, 5.74) is 0. The molecule has 17 heavy (non-hydrogen) atoms. The first kappa shape index (κ1) is 13.5. The van der Waals surface area contributed by atoms with Gasteiger partial charge in [0.05, 0.1) is 13.2 Å². The summed E-state index contributed by atoms with van der Waals surface area (Å²) in [7, 11) is 0. The van der Waals surface area contributed by atoms with Gasteiger partial charge in [-0.05, 0) is 6.08 Å². The van der Waals surface area contributed by atoms with Crippen LogP contribution < -0.4 is 10.6 Å². The van der Waals surface area contributed by atoms with Crippen LogP contribution in [0.15, 0.2) is 12.7 Å².